The Bertz CT molecular complexity index is 94.9. The minimum atomic E-state index is 0.398. The third-order valence-corrected chi connectivity index (χ3v) is 3.04. The molecule has 62 valence electrons. The van der Waals surface area contributed by atoms with Crippen molar-refractivity contribution in [3.63, 3.8) is 0 Å². The van der Waals surface area contributed by atoms with Crippen LogP contribution in [0.2, 0.25) is 0 Å². The van der Waals surface area contributed by atoms with Gasteiger partial charge in [-0.2, -0.15) is 0 Å². The second-order valence-corrected chi connectivity index (χ2v) is 3.99. The number of nitrogens with one attached hydrogen (secondary N) is 1. The summed E-state index contributed by atoms with van der Waals surface area (Å²) in [6.45, 7) is 11.4. The zero-order valence-electron chi connectivity index (χ0n) is 8.15. The standard InChI is InChI=1S/C9H21N/c1-7(2)9(4,5)8(3)10-6/h7-8,10H,1-6H3. The molecule has 0 saturated carbocycles. The zero-order valence-corrected chi connectivity index (χ0v) is 8.15. The van der Waals surface area contributed by atoms with Gasteiger partial charge in [0, 0.05) is 6.04 Å². The summed E-state index contributed by atoms with van der Waals surface area (Å²) in [5.74, 6) is 0.731. The Morgan fingerprint density at radius 3 is 1.60 bits per heavy atom. The molecule has 0 spiro atoms. The second kappa shape index (κ2) is 3.38. The molecule has 0 fully saturated rings. The van der Waals surface area contributed by atoms with Crippen molar-refractivity contribution in [2.45, 2.75) is 40.7 Å². The molecular weight excluding hydrogens is 122 g/mol. The van der Waals surface area contributed by atoms with Crippen LogP contribution >= 0.6 is 0 Å². The van der Waals surface area contributed by atoms with Crippen LogP contribution in [0.4, 0.5) is 0 Å². The average molecular weight is 143 g/mol. The van der Waals surface area contributed by atoms with Gasteiger partial charge in [-0.3, -0.25) is 0 Å². The van der Waals surface area contributed by atoms with Crippen LogP contribution < -0.4 is 5.32 Å². The summed E-state index contributed by atoms with van der Waals surface area (Å²) in [5.41, 5.74) is 0.398. The fourth-order valence-corrected chi connectivity index (χ4v) is 0.872. The predicted molar refractivity (Wildman–Crippen MR) is 47.1 cm³/mol. The highest BCUT2D eigenvalue weighted by molar-refractivity contribution is 4.81. The van der Waals surface area contributed by atoms with Crippen molar-refractivity contribution in [3.05, 3.63) is 0 Å². The van der Waals surface area contributed by atoms with Crippen LogP contribution in [0.15, 0.2) is 0 Å². The van der Waals surface area contributed by atoms with E-state index in [4.69, 9.17) is 0 Å². The van der Waals surface area contributed by atoms with Gasteiger partial charge in [0.1, 0.15) is 0 Å². The summed E-state index contributed by atoms with van der Waals surface area (Å²) < 4.78 is 0. The largest absolute Gasteiger partial charge is 0.317 e. The van der Waals surface area contributed by atoms with Gasteiger partial charge < -0.3 is 5.32 Å². The Labute approximate surface area is 65.2 Å². The van der Waals surface area contributed by atoms with E-state index in [2.05, 4.69) is 39.9 Å². The van der Waals surface area contributed by atoms with Gasteiger partial charge in [-0.1, -0.05) is 27.7 Å². The Balaban J connectivity index is 4.09. The molecule has 0 aromatic heterocycles. The van der Waals surface area contributed by atoms with Crippen molar-refractivity contribution >= 4 is 0 Å². The van der Waals surface area contributed by atoms with Gasteiger partial charge in [0.25, 0.3) is 0 Å². The van der Waals surface area contributed by atoms with Crippen LogP contribution in [0, 0.1) is 11.3 Å². The van der Waals surface area contributed by atoms with Gasteiger partial charge in [-0.15, -0.1) is 0 Å². The molecule has 0 heterocycles. The monoisotopic (exact) mass is 143 g/mol. The van der Waals surface area contributed by atoms with Crippen molar-refractivity contribution in [2.24, 2.45) is 11.3 Å². The van der Waals surface area contributed by atoms with Crippen LogP contribution in [-0.2, 0) is 0 Å². The molecular formula is C9H21N. The third kappa shape index (κ3) is 1.98. The van der Waals surface area contributed by atoms with E-state index in [0.717, 1.165) is 5.92 Å². The van der Waals surface area contributed by atoms with Crippen molar-refractivity contribution < 1.29 is 0 Å². The average Bonchev–Trinajstić information content (AvgIpc) is 1.86. The second-order valence-electron chi connectivity index (χ2n) is 3.99. The normalized spacial score (nSPS) is 15.9. The predicted octanol–water partition coefficient (Wildman–Crippen LogP) is 2.28. The van der Waals surface area contributed by atoms with Gasteiger partial charge >= 0.3 is 0 Å². The molecule has 0 rings (SSSR count). The van der Waals surface area contributed by atoms with E-state index < -0.39 is 0 Å². The summed E-state index contributed by atoms with van der Waals surface area (Å²) in [6, 6.07) is 0.590. The maximum absolute atomic E-state index is 3.29. The molecule has 0 aromatic carbocycles. The van der Waals surface area contributed by atoms with E-state index in [1.807, 2.05) is 7.05 Å². The van der Waals surface area contributed by atoms with Gasteiger partial charge in [0.15, 0.2) is 0 Å². The number of hydrogen-bond acceptors (Lipinski definition) is 1. The summed E-state index contributed by atoms with van der Waals surface area (Å²) >= 11 is 0. The summed E-state index contributed by atoms with van der Waals surface area (Å²) in [4.78, 5) is 0. The molecule has 0 saturated heterocycles. The van der Waals surface area contributed by atoms with E-state index in [1.165, 1.54) is 0 Å². The van der Waals surface area contributed by atoms with E-state index in [1.54, 1.807) is 0 Å². The minimum absolute atomic E-state index is 0.398. The maximum Gasteiger partial charge on any atom is 0.00893 e. The molecule has 1 N–H and O–H groups in total. The molecule has 1 atom stereocenters. The lowest BCUT2D eigenvalue weighted by Crippen LogP contribution is -2.40. The summed E-state index contributed by atoms with van der Waals surface area (Å²) in [7, 11) is 2.02. The first-order chi connectivity index (χ1) is 4.42. The number of rotatable bonds is 3. The Kier molecular flexibility index (Phi) is 3.37. The summed E-state index contributed by atoms with van der Waals surface area (Å²) in [5, 5.41) is 3.29. The van der Waals surface area contributed by atoms with Crippen molar-refractivity contribution in [1.82, 2.24) is 5.32 Å². The Morgan fingerprint density at radius 1 is 1.10 bits per heavy atom. The van der Waals surface area contributed by atoms with E-state index >= 15 is 0 Å². The van der Waals surface area contributed by atoms with Gasteiger partial charge in [-0.25, -0.2) is 0 Å². The fourth-order valence-electron chi connectivity index (χ4n) is 0.872. The van der Waals surface area contributed by atoms with E-state index in [-0.39, 0.29) is 0 Å². The molecule has 0 aliphatic heterocycles. The van der Waals surface area contributed by atoms with Crippen LogP contribution in [0.25, 0.3) is 0 Å². The third-order valence-electron chi connectivity index (χ3n) is 3.04. The molecule has 1 heteroatoms. The Morgan fingerprint density at radius 2 is 1.50 bits per heavy atom. The van der Waals surface area contributed by atoms with Crippen molar-refractivity contribution in [1.29, 1.82) is 0 Å². The highest BCUT2D eigenvalue weighted by atomic mass is 14.9. The van der Waals surface area contributed by atoms with Crippen molar-refractivity contribution in [2.75, 3.05) is 7.05 Å². The molecule has 0 aromatic rings. The molecule has 10 heavy (non-hydrogen) atoms. The summed E-state index contributed by atoms with van der Waals surface area (Å²) in [6.07, 6.45) is 0. The lowest BCUT2D eigenvalue weighted by molar-refractivity contribution is 0.183. The molecule has 0 radical (unpaired) electrons. The van der Waals surface area contributed by atoms with Gasteiger partial charge in [0.2, 0.25) is 0 Å². The highest BCUT2D eigenvalue weighted by Gasteiger charge is 2.27. The quantitative estimate of drug-likeness (QED) is 0.639. The number of hydrogen-bond donors (Lipinski definition) is 1. The molecule has 0 aliphatic carbocycles. The van der Waals surface area contributed by atoms with Crippen LogP contribution in [0.3, 0.4) is 0 Å². The molecule has 0 amide bonds. The zero-order chi connectivity index (χ0) is 8.36. The van der Waals surface area contributed by atoms with E-state index in [9.17, 15) is 0 Å². The topological polar surface area (TPSA) is 12.0 Å². The lowest BCUT2D eigenvalue weighted by atomic mass is 9.75. The first-order valence-corrected chi connectivity index (χ1v) is 4.10. The van der Waals surface area contributed by atoms with Crippen LogP contribution in [0.1, 0.15) is 34.6 Å². The fraction of sp³-hybridized carbons (Fsp3) is 1.00. The first-order valence-electron chi connectivity index (χ1n) is 4.10. The maximum atomic E-state index is 3.29. The van der Waals surface area contributed by atoms with E-state index in [0.29, 0.717) is 11.5 Å². The lowest BCUT2D eigenvalue weighted by Gasteiger charge is -2.35. The smallest absolute Gasteiger partial charge is 0.00893 e. The van der Waals surface area contributed by atoms with Crippen LogP contribution in [0.5, 0.6) is 0 Å². The first kappa shape index (κ1) is 9.96. The van der Waals surface area contributed by atoms with Gasteiger partial charge in [-0.05, 0) is 25.3 Å². The SMILES string of the molecule is CNC(C)C(C)(C)C(C)C. The minimum Gasteiger partial charge on any atom is -0.317 e. The molecule has 0 bridgehead atoms. The molecule has 1 unspecified atom stereocenters. The van der Waals surface area contributed by atoms with Crippen LogP contribution in [-0.4, -0.2) is 13.1 Å². The van der Waals surface area contributed by atoms with Crippen molar-refractivity contribution in [3.8, 4) is 0 Å². The highest BCUT2D eigenvalue weighted by Crippen LogP contribution is 2.29. The Hall–Kier alpha value is -0.0400. The molecule has 0 aliphatic rings. The molecule has 1 nitrogen and oxygen atoms in total. The van der Waals surface area contributed by atoms with Gasteiger partial charge in [0.05, 0.1) is 0 Å².